The topological polar surface area (TPSA) is 52.1 Å². The molecule has 0 saturated heterocycles. The highest BCUT2D eigenvalue weighted by Crippen LogP contribution is 2.27. The molecule has 0 spiro atoms. The largest absolute Gasteiger partial charge is 0.462 e. The third-order valence-corrected chi connectivity index (χ3v) is 3.72. The highest BCUT2D eigenvalue weighted by atomic mass is 79.9. The van der Waals surface area contributed by atoms with Crippen LogP contribution in [0, 0.1) is 6.92 Å². The zero-order chi connectivity index (χ0) is 15.4. The Labute approximate surface area is 132 Å². The summed E-state index contributed by atoms with van der Waals surface area (Å²) >= 11 is 3.53. The maximum atomic E-state index is 11.9. The number of carbonyl (C=O) groups is 1. The Morgan fingerprint density at radius 2 is 2.10 bits per heavy atom. The van der Waals surface area contributed by atoms with Crippen molar-refractivity contribution in [2.45, 2.75) is 27.2 Å². The molecule has 2 aromatic rings. The Kier molecular flexibility index (Phi) is 5.07. The number of hydrogen-bond acceptors (Lipinski definition) is 4. The van der Waals surface area contributed by atoms with E-state index in [1.807, 2.05) is 32.0 Å². The minimum Gasteiger partial charge on any atom is -0.462 e. The molecule has 0 atom stereocenters. The van der Waals surface area contributed by atoms with Crippen LogP contribution in [0.3, 0.4) is 0 Å². The Bertz CT molecular complexity index is 671. The Balaban J connectivity index is 2.45. The highest BCUT2D eigenvalue weighted by molar-refractivity contribution is 9.10. The summed E-state index contributed by atoms with van der Waals surface area (Å²) in [6.45, 7) is 6.10. The molecule has 110 valence electrons. The summed E-state index contributed by atoms with van der Waals surface area (Å²) in [5.41, 5.74) is 3.20. The molecular formula is C16H17BrN2O2. The van der Waals surface area contributed by atoms with Crippen LogP contribution in [0.15, 0.2) is 28.9 Å². The number of aromatic nitrogens is 2. The van der Waals surface area contributed by atoms with Gasteiger partial charge in [0.25, 0.3) is 0 Å². The monoisotopic (exact) mass is 348 g/mol. The van der Waals surface area contributed by atoms with Gasteiger partial charge in [0.15, 0.2) is 5.82 Å². The smallest absolute Gasteiger partial charge is 0.341 e. The Morgan fingerprint density at radius 3 is 2.71 bits per heavy atom. The first-order valence-electron chi connectivity index (χ1n) is 6.86. The third kappa shape index (κ3) is 3.47. The van der Waals surface area contributed by atoms with Crippen LogP contribution < -0.4 is 0 Å². The van der Waals surface area contributed by atoms with Crippen LogP contribution >= 0.6 is 15.9 Å². The van der Waals surface area contributed by atoms with Crippen molar-refractivity contribution in [3.8, 4) is 11.4 Å². The zero-order valence-electron chi connectivity index (χ0n) is 12.3. The second-order valence-electron chi connectivity index (χ2n) is 4.61. The van der Waals surface area contributed by atoms with Gasteiger partial charge in [0.05, 0.1) is 17.9 Å². The van der Waals surface area contributed by atoms with Crippen LogP contribution in [0.1, 0.15) is 35.5 Å². The van der Waals surface area contributed by atoms with Crippen LogP contribution in [0.25, 0.3) is 11.4 Å². The van der Waals surface area contributed by atoms with E-state index in [9.17, 15) is 4.79 Å². The van der Waals surface area contributed by atoms with Gasteiger partial charge in [0.2, 0.25) is 0 Å². The molecule has 0 radical (unpaired) electrons. The summed E-state index contributed by atoms with van der Waals surface area (Å²) < 4.78 is 5.97. The number of hydrogen-bond donors (Lipinski definition) is 0. The molecule has 4 nitrogen and oxygen atoms in total. The fourth-order valence-corrected chi connectivity index (χ4v) is 2.67. The van der Waals surface area contributed by atoms with Crippen molar-refractivity contribution >= 4 is 21.9 Å². The van der Waals surface area contributed by atoms with Crippen LogP contribution in [0.2, 0.25) is 0 Å². The SMILES string of the molecule is CCOC(=O)c1cnc(-c2ccc(C)cc2Br)nc1CC. The van der Waals surface area contributed by atoms with Gasteiger partial charge in [0.1, 0.15) is 0 Å². The molecule has 1 aromatic heterocycles. The minimum absolute atomic E-state index is 0.341. The van der Waals surface area contributed by atoms with Gasteiger partial charge in [-0.1, -0.05) is 28.9 Å². The number of nitrogens with zero attached hydrogens (tertiary/aromatic N) is 2. The molecule has 21 heavy (non-hydrogen) atoms. The van der Waals surface area contributed by atoms with Crippen molar-refractivity contribution in [2.24, 2.45) is 0 Å². The molecule has 5 heteroatoms. The fraction of sp³-hybridized carbons (Fsp3) is 0.312. The highest BCUT2D eigenvalue weighted by Gasteiger charge is 2.16. The van der Waals surface area contributed by atoms with Gasteiger partial charge in [-0.25, -0.2) is 14.8 Å². The molecule has 1 heterocycles. The van der Waals surface area contributed by atoms with Crippen molar-refractivity contribution in [1.29, 1.82) is 0 Å². The molecule has 0 unspecified atom stereocenters. The predicted molar refractivity (Wildman–Crippen MR) is 85.2 cm³/mol. The average Bonchev–Trinajstić information content (AvgIpc) is 2.47. The Morgan fingerprint density at radius 1 is 1.33 bits per heavy atom. The van der Waals surface area contributed by atoms with Crippen LogP contribution in [-0.4, -0.2) is 22.5 Å². The first kappa shape index (κ1) is 15.6. The predicted octanol–water partition coefficient (Wildman–Crippen LogP) is 3.95. The molecule has 0 N–H and O–H groups in total. The normalized spacial score (nSPS) is 10.5. The molecular weight excluding hydrogens is 332 g/mol. The Hall–Kier alpha value is -1.75. The molecule has 0 saturated carbocycles. The lowest BCUT2D eigenvalue weighted by molar-refractivity contribution is 0.0524. The van der Waals surface area contributed by atoms with E-state index in [1.54, 1.807) is 13.1 Å². The van der Waals surface area contributed by atoms with Gasteiger partial charge in [-0.15, -0.1) is 0 Å². The second kappa shape index (κ2) is 6.80. The molecule has 0 aliphatic rings. The number of halogens is 1. The van der Waals surface area contributed by atoms with E-state index >= 15 is 0 Å². The van der Waals surface area contributed by atoms with Gasteiger partial charge in [-0.05, 0) is 38.0 Å². The second-order valence-corrected chi connectivity index (χ2v) is 5.47. The van der Waals surface area contributed by atoms with Gasteiger partial charge < -0.3 is 4.74 Å². The summed E-state index contributed by atoms with van der Waals surface area (Å²) in [6.07, 6.45) is 2.19. The first-order chi connectivity index (χ1) is 10.1. The van der Waals surface area contributed by atoms with E-state index in [2.05, 4.69) is 25.9 Å². The molecule has 1 aromatic carbocycles. The van der Waals surface area contributed by atoms with Crippen molar-refractivity contribution in [1.82, 2.24) is 9.97 Å². The standard InChI is InChI=1S/C16H17BrN2O2/c1-4-14-12(16(20)21-5-2)9-18-15(19-14)11-7-6-10(3)8-13(11)17/h6-9H,4-5H2,1-3H3. The van der Waals surface area contributed by atoms with E-state index in [0.29, 0.717) is 30.1 Å². The molecule has 0 fully saturated rings. The van der Waals surface area contributed by atoms with Crippen LogP contribution in [0.5, 0.6) is 0 Å². The summed E-state index contributed by atoms with van der Waals surface area (Å²) in [6, 6.07) is 6.00. The van der Waals surface area contributed by atoms with E-state index < -0.39 is 0 Å². The fourth-order valence-electron chi connectivity index (χ4n) is 2.00. The number of aryl methyl sites for hydroxylation is 2. The lowest BCUT2D eigenvalue weighted by atomic mass is 10.1. The number of esters is 1. The molecule has 0 aliphatic heterocycles. The van der Waals surface area contributed by atoms with Crippen molar-refractivity contribution in [3.63, 3.8) is 0 Å². The average molecular weight is 349 g/mol. The quantitative estimate of drug-likeness (QED) is 0.785. The van der Waals surface area contributed by atoms with E-state index in [1.165, 1.54) is 0 Å². The molecule has 0 aliphatic carbocycles. The number of rotatable bonds is 4. The van der Waals surface area contributed by atoms with Gasteiger partial charge >= 0.3 is 5.97 Å². The summed E-state index contributed by atoms with van der Waals surface area (Å²) in [5.74, 6) is 0.232. The molecule has 0 amide bonds. The summed E-state index contributed by atoms with van der Waals surface area (Å²) in [7, 11) is 0. The zero-order valence-corrected chi connectivity index (χ0v) is 13.9. The van der Waals surface area contributed by atoms with Crippen LogP contribution in [0.4, 0.5) is 0 Å². The van der Waals surface area contributed by atoms with Gasteiger partial charge in [-0.3, -0.25) is 0 Å². The van der Waals surface area contributed by atoms with E-state index in [-0.39, 0.29) is 5.97 Å². The summed E-state index contributed by atoms with van der Waals surface area (Å²) in [4.78, 5) is 20.7. The first-order valence-corrected chi connectivity index (χ1v) is 7.65. The van der Waals surface area contributed by atoms with E-state index in [4.69, 9.17) is 4.74 Å². The van der Waals surface area contributed by atoms with Crippen LogP contribution in [-0.2, 0) is 11.2 Å². The maximum absolute atomic E-state index is 11.9. The number of benzene rings is 1. The maximum Gasteiger partial charge on any atom is 0.341 e. The van der Waals surface area contributed by atoms with Gasteiger partial charge in [0, 0.05) is 16.2 Å². The molecule has 0 bridgehead atoms. The van der Waals surface area contributed by atoms with Crippen molar-refractivity contribution in [3.05, 3.63) is 45.7 Å². The van der Waals surface area contributed by atoms with E-state index in [0.717, 1.165) is 15.6 Å². The molecule has 2 rings (SSSR count). The number of ether oxygens (including phenoxy) is 1. The van der Waals surface area contributed by atoms with Gasteiger partial charge in [-0.2, -0.15) is 0 Å². The number of carbonyl (C=O) groups excluding carboxylic acids is 1. The lowest BCUT2D eigenvalue weighted by Gasteiger charge is -2.09. The van der Waals surface area contributed by atoms with Crippen molar-refractivity contribution < 1.29 is 9.53 Å². The minimum atomic E-state index is -0.371. The lowest BCUT2D eigenvalue weighted by Crippen LogP contribution is -2.11. The third-order valence-electron chi connectivity index (χ3n) is 3.06. The van der Waals surface area contributed by atoms with Crippen molar-refractivity contribution in [2.75, 3.05) is 6.61 Å². The summed E-state index contributed by atoms with van der Waals surface area (Å²) in [5, 5.41) is 0.